The number of benzene rings is 2. The van der Waals surface area contributed by atoms with Crippen LogP contribution < -0.4 is 0 Å². The molecule has 0 saturated carbocycles. The maximum absolute atomic E-state index is 12.4. The second-order valence-corrected chi connectivity index (χ2v) is 6.10. The lowest BCUT2D eigenvalue weighted by Gasteiger charge is -2.08. The number of ether oxygens (including phenoxy) is 1. The molecule has 3 aromatic rings. The van der Waals surface area contributed by atoms with Crippen LogP contribution in [0, 0.1) is 6.92 Å². The number of aryl methyl sites for hydroxylation is 1. The van der Waals surface area contributed by atoms with Crippen molar-refractivity contribution in [2.24, 2.45) is 0 Å². The van der Waals surface area contributed by atoms with Crippen LogP contribution in [0.4, 0.5) is 0 Å². The second kappa shape index (κ2) is 7.79. The predicted molar refractivity (Wildman–Crippen MR) is 90.6 cm³/mol. The van der Waals surface area contributed by atoms with Crippen LogP contribution in [0.5, 0.6) is 0 Å². The molecule has 1 aromatic heterocycles. The Hall–Kier alpha value is -2.60. The normalized spacial score (nSPS) is 10.5. The van der Waals surface area contributed by atoms with Crippen LogP contribution >= 0.6 is 11.8 Å². The van der Waals surface area contributed by atoms with Gasteiger partial charge in [0.15, 0.2) is 5.82 Å². The van der Waals surface area contributed by atoms with Crippen molar-refractivity contribution in [1.82, 2.24) is 10.1 Å². The first-order chi connectivity index (χ1) is 11.7. The van der Waals surface area contributed by atoms with Crippen LogP contribution in [0.15, 0.2) is 64.0 Å². The Morgan fingerprint density at radius 2 is 1.88 bits per heavy atom. The monoisotopic (exact) mass is 340 g/mol. The standard InChI is InChI=1S/C18H16N2O3S/c1-13-19-17(23-20-13)12-24-16-10-6-5-9-15(16)18(21)22-11-14-7-3-2-4-8-14/h2-10H,11-12H2,1H3. The number of carbonyl (C=O) groups excluding carboxylic acids is 1. The summed E-state index contributed by atoms with van der Waals surface area (Å²) in [5.41, 5.74) is 1.49. The zero-order valence-corrected chi connectivity index (χ0v) is 14.0. The van der Waals surface area contributed by atoms with Gasteiger partial charge in [-0.15, -0.1) is 11.8 Å². The first-order valence-electron chi connectivity index (χ1n) is 7.44. The molecule has 6 heteroatoms. The molecule has 3 rings (SSSR count). The zero-order valence-electron chi connectivity index (χ0n) is 13.1. The van der Waals surface area contributed by atoms with Gasteiger partial charge >= 0.3 is 5.97 Å². The molecule has 0 aliphatic heterocycles. The third-order valence-corrected chi connectivity index (χ3v) is 4.30. The molecule has 1 heterocycles. The Morgan fingerprint density at radius 3 is 2.62 bits per heavy atom. The molecule has 0 spiro atoms. The van der Waals surface area contributed by atoms with Gasteiger partial charge in [-0.05, 0) is 24.6 Å². The number of nitrogens with zero attached hydrogens (tertiary/aromatic N) is 2. The third kappa shape index (κ3) is 4.23. The summed E-state index contributed by atoms with van der Waals surface area (Å²) < 4.78 is 10.5. The highest BCUT2D eigenvalue weighted by atomic mass is 32.2. The van der Waals surface area contributed by atoms with E-state index in [2.05, 4.69) is 10.1 Å². The van der Waals surface area contributed by atoms with Gasteiger partial charge in [-0.2, -0.15) is 4.98 Å². The third-order valence-electron chi connectivity index (χ3n) is 3.24. The Kier molecular flexibility index (Phi) is 5.28. The first-order valence-corrected chi connectivity index (χ1v) is 8.43. The van der Waals surface area contributed by atoms with Crippen molar-refractivity contribution in [3.05, 3.63) is 77.4 Å². The van der Waals surface area contributed by atoms with Crippen LogP contribution in [0.25, 0.3) is 0 Å². The number of esters is 1. The number of aromatic nitrogens is 2. The van der Waals surface area contributed by atoms with Crippen molar-refractivity contribution < 1.29 is 14.1 Å². The highest BCUT2D eigenvalue weighted by Crippen LogP contribution is 2.26. The van der Waals surface area contributed by atoms with E-state index >= 15 is 0 Å². The molecule has 0 radical (unpaired) electrons. The van der Waals surface area contributed by atoms with E-state index in [0.29, 0.717) is 23.0 Å². The van der Waals surface area contributed by atoms with Gasteiger partial charge in [0.05, 0.1) is 11.3 Å². The molecule has 0 saturated heterocycles. The van der Waals surface area contributed by atoms with Gasteiger partial charge in [0.2, 0.25) is 5.89 Å². The van der Waals surface area contributed by atoms with E-state index in [4.69, 9.17) is 9.26 Å². The highest BCUT2D eigenvalue weighted by Gasteiger charge is 2.14. The molecule has 122 valence electrons. The topological polar surface area (TPSA) is 65.2 Å². The van der Waals surface area contributed by atoms with E-state index in [1.54, 1.807) is 13.0 Å². The second-order valence-electron chi connectivity index (χ2n) is 5.08. The van der Waals surface area contributed by atoms with E-state index in [1.807, 2.05) is 48.5 Å². The molecule has 0 unspecified atom stereocenters. The van der Waals surface area contributed by atoms with Crippen LogP contribution in [-0.4, -0.2) is 16.1 Å². The van der Waals surface area contributed by atoms with Crippen molar-refractivity contribution in [1.29, 1.82) is 0 Å². The van der Waals surface area contributed by atoms with E-state index in [1.165, 1.54) is 11.8 Å². The van der Waals surface area contributed by atoms with Crippen LogP contribution in [-0.2, 0) is 17.1 Å². The maximum Gasteiger partial charge on any atom is 0.339 e. The van der Waals surface area contributed by atoms with Crippen molar-refractivity contribution in [3.63, 3.8) is 0 Å². The van der Waals surface area contributed by atoms with E-state index in [0.717, 1.165) is 10.5 Å². The summed E-state index contributed by atoms with van der Waals surface area (Å²) in [5.74, 6) is 1.29. The summed E-state index contributed by atoms with van der Waals surface area (Å²) in [7, 11) is 0. The minimum Gasteiger partial charge on any atom is -0.457 e. The molecule has 0 amide bonds. The number of hydrogen-bond acceptors (Lipinski definition) is 6. The molecule has 0 atom stereocenters. The summed E-state index contributed by atoms with van der Waals surface area (Å²) in [4.78, 5) is 17.4. The molecule has 0 aliphatic carbocycles. The molecular formula is C18H16N2O3S. The number of rotatable bonds is 6. The fourth-order valence-electron chi connectivity index (χ4n) is 2.10. The molecular weight excluding hydrogens is 324 g/mol. The summed E-state index contributed by atoms with van der Waals surface area (Å²) in [6, 6.07) is 16.9. The van der Waals surface area contributed by atoms with Crippen molar-refractivity contribution in [2.45, 2.75) is 24.2 Å². The van der Waals surface area contributed by atoms with Crippen molar-refractivity contribution >= 4 is 17.7 Å². The largest absolute Gasteiger partial charge is 0.457 e. The lowest BCUT2D eigenvalue weighted by molar-refractivity contribution is 0.0468. The van der Waals surface area contributed by atoms with Crippen LogP contribution in [0.1, 0.15) is 27.6 Å². The van der Waals surface area contributed by atoms with Crippen molar-refractivity contribution in [3.8, 4) is 0 Å². The Morgan fingerprint density at radius 1 is 1.12 bits per heavy atom. The average Bonchev–Trinajstić information content (AvgIpc) is 3.04. The fraction of sp³-hybridized carbons (Fsp3) is 0.167. The van der Waals surface area contributed by atoms with Crippen molar-refractivity contribution in [2.75, 3.05) is 0 Å². The summed E-state index contributed by atoms with van der Waals surface area (Å²) >= 11 is 1.47. The Balaban J connectivity index is 1.65. The van der Waals surface area contributed by atoms with E-state index < -0.39 is 0 Å². The smallest absolute Gasteiger partial charge is 0.339 e. The highest BCUT2D eigenvalue weighted by molar-refractivity contribution is 7.98. The van der Waals surface area contributed by atoms with Gasteiger partial charge in [0.1, 0.15) is 6.61 Å². The molecule has 0 fully saturated rings. The summed E-state index contributed by atoms with van der Waals surface area (Å²) in [6.07, 6.45) is 0. The number of hydrogen-bond donors (Lipinski definition) is 0. The summed E-state index contributed by atoms with van der Waals surface area (Å²) in [6.45, 7) is 2.02. The van der Waals surface area contributed by atoms with Crippen LogP contribution in [0.2, 0.25) is 0 Å². The lowest BCUT2D eigenvalue weighted by Crippen LogP contribution is -2.06. The van der Waals surface area contributed by atoms with Gasteiger partial charge in [0.25, 0.3) is 0 Å². The summed E-state index contributed by atoms with van der Waals surface area (Å²) in [5, 5.41) is 3.76. The lowest BCUT2D eigenvalue weighted by atomic mass is 10.2. The first kappa shape index (κ1) is 16.3. The van der Waals surface area contributed by atoms with E-state index in [-0.39, 0.29) is 12.6 Å². The van der Waals surface area contributed by atoms with Gasteiger partial charge < -0.3 is 9.26 Å². The average molecular weight is 340 g/mol. The maximum atomic E-state index is 12.4. The van der Waals surface area contributed by atoms with Gasteiger partial charge in [-0.1, -0.05) is 47.6 Å². The van der Waals surface area contributed by atoms with Gasteiger partial charge in [0, 0.05) is 4.90 Å². The minimum atomic E-state index is -0.344. The Bertz CT molecular complexity index is 818. The Labute approximate surface area is 144 Å². The zero-order chi connectivity index (χ0) is 16.8. The number of thioether (sulfide) groups is 1. The van der Waals surface area contributed by atoms with E-state index in [9.17, 15) is 4.79 Å². The SMILES string of the molecule is Cc1noc(CSc2ccccc2C(=O)OCc2ccccc2)n1. The molecule has 0 bridgehead atoms. The predicted octanol–water partition coefficient (Wildman–Crippen LogP) is 4.03. The molecule has 24 heavy (non-hydrogen) atoms. The minimum absolute atomic E-state index is 0.252. The quantitative estimate of drug-likeness (QED) is 0.499. The van der Waals surface area contributed by atoms with Gasteiger partial charge in [-0.3, -0.25) is 0 Å². The molecule has 0 aliphatic rings. The molecule has 0 N–H and O–H groups in total. The number of carbonyl (C=O) groups is 1. The van der Waals surface area contributed by atoms with Crippen LogP contribution in [0.3, 0.4) is 0 Å². The molecule has 2 aromatic carbocycles. The molecule has 5 nitrogen and oxygen atoms in total. The van der Waals surface area contributed by atoms with Gasteiger partial charge in [-0.25, -0.2) is 4.79 Å². The fourth-order valence-corrected chi connectivity index (χ4v) is 2.98.